The first-order valence-electron chi connectivity index (χ1n) is 7.01. The molecule has 2 amide bonds. The Morgan fingerprint density at radius 3 is 2.42 bits per heavy atom. The molecule has 0 aliphatic rings. The fourth-order valence-electron chi connectivity index (χ4n) is 2.30. The summed E-state index contributed by atoms with van der Waals surface area (Å²) in [7, 11) is 0. The lowest BCUT2D eigenvalue weighted by Gasteiger charge is -2.07. The Labute approximate surface area is 135 Å². The summed E-state index contributed by atoms with van der Waals surface area (Å²) in [6, 6.07) is 9.61. The van der Waals surface area contributed by atoms with Gasteiger partial charge in [0.1, 0.15) is 17.2 Å². The van der Waals surface area contributed by atoms with E-state index in [1.807, 2.05) is 6.07 Å². The van der Waals surface area contributed by atoms with Crippen LogP contribution in [0.4, 0.5) is 8.78 Å². The number of carbonyl (C=O) groups is 2. The number of benzene rings is 2. The van der Waals surface area contributed by atoms with E-state index in [9.17, 15) is 18.4 Å². The predicted molar refractivity (Wildman–Crippen MR) is 82.2 cm³/mol. The number of amides is 2. The minimum atomic E-state index is -1.03. The van der Waals surface area contributed by atoms with Crippen molar-refractivity contribution >= 4 is 22.8 Å². The SMILES string of the molecule is Cc1c(C(=O)NNC(=O)c2ccc(F)cc2F)oc2ccccc12. The van der Waals surface area contributed by atoms with E-state index in [0.717, 1.165) is 17.5 Å². The van der Waals surface area contributed by atoms with Gasteiger partial charge in [0.2, 0.25) is 0 Å². The van der Waals surface area contributed by atoms with Crippen molar-refractivity contribution in [3.63, 3.8) is 0 Å². The highest BCUT2D eigenvalue weighted by atomic mass is 19.1. The summed E-state index contributed by atoms with van der Waals surface area (Å²) >= 11 is 0. The lowest BCUT2D eigenvalue weighted by atomic mass is 10.1. The van der Waals surface area contributed by atoms with Gasteiger partial charge in [-0.2, -0.15) is 0 Å². The highest BCUT2D eigenvalue weighted by Crippen LogP contribution is 2.24. The maximum absolute atomic E-state index is 13.5. The third kappa shape index (κ3) is 2.83. The van der Waals surface area contributed by atoms with Crippen molar-refractivity contribution in [2.75, 3.05) is 0 Å². The minimum absolute atomic E-state index is 0.0380. The molecular formula is C17H12F2N2O3. The van der Waals surface area contributed by atoms with Crippen molar-refractivity contribution in [3.05, 3.63) is 71.0 Å². The monoisotopic (exact) mass is 330 g/mol. The van der Waals surface area contributed by atoms with E-state index >= 15 is 0 Å². The molecule has 0 unspecified atom stereocenters. The van der Waals surface area contributed by atoms with E-state index in [4.69, 9.17) is 4.42 Å². The van der Waals surface area contributed by atoms with Crippen LogP contribution in [0.5, 0.6) is 0 Å². The Morgan fingerprint density at radius 2 is 1.71 bits per heavy atom. The van der Waals surface area contributed by atoms with Crippen molar-refractivity contribution in [2.45, 2.75) is 6.92 Å². The number of hydrogen-bond acceptors (Lipinski definition) is 3. The number of nitrogens with one attached hydrogen (secondary N) is 2. The third-order valence-corrected chi connectivity index (χ3v) is 3.52. The van der Waals surface area contributed by atoms with Crippen LogP contribution in [0.25, 0.3) is 11.0 Å². The molecule has 0 saturated carbocycles. The van der Waals surface area contributed by atoms with Gasteiger partial charge in [-0.25, -0.2) is 8.78 Å². The number of carbonyl (C=O) groups excluding carboxylic acids is 2. The molecule has 0 bridgehead atoms. The van der Waals surface area contributed by atoms with E-state index in [2.05, 4.69) is 10.9 Å². The lowest BCUT2D eigenvalue weighted by Crippen LogP contribution is -2.42. The van der Waals surface area contributed by atoms with Crippen LogP contribution in [0.15, 0.2) is 46.9 Å². The number of furan rings is 1. The maximum Gasteiger partial charge on any atom is 0.305 e. The molecule has 122 valence electrons. The van der Waals surface area contributed by atoms with E-state index < -0.39 is 29.0 Å². The Kier molecular flexibility index (Phi) is 3.99. The quantitative estimate of drug-likeness (QED) is 0.709. The predicted octanol–water partition coefficient (Wildman–Crippen LogP) is 3.09. The zero-order valence-corrected chi connectivity index (χ0v) is 12.5. The van der Waals surface area contributed by atoms with Gasteiger partial charge in [-0.05, 0) is 25.1 Å². The van der Waals surface area contributed by atoms with Gasteiger partial charge in [-0.1, -0.05) is 18.2 Å². The van der Waals surface area contributed by atoms with E-state index in [0.29, 0.717) is 17.2 Å². The summed E-state index contributed by atoms with van der Waals surface area (Å²) < 4.78 is 31.8. The number of rotatable bonds is 2. The van der Waals surface area contributed by atoms with Gasteiger partial charge in [-0.3, -0.25) is 20.4 Å². The average Bonchev–Trinajstić information content (AvgIpc) is 2.90. The first-order valence-corrected chi connectivity index (χ1v) is 7.01. The van der Waals surface area contributed by atoms with Crippen molar-refractivity contribution in [2.24, 2.45) is 0 Å². The lowest BCUT2D eigenvalue weighted by molar-refractivity contribution is 0.0829. The average molecular weight is 330 g/mol. The van der Waals surface area contributed by atoms with Gasteiger partial charge in [0, 0.05) is 17.0 Å². The molecule has 2 aromatic carbocycles. The molecule has 0 atom stereocenters. The van der Waals surface area contributed by atoms with Crippen molar-refractivity contribution in [1.82, 2.24) is 10.9 Å². The van der Waals surface area contributed by atoms with Gasteiger partial charge in [0.05, 0.1) is 5.56 Å². The molecule has 0 radical (unpaired) electrons. The van der Waals surface area contributed by atoms with Crippen molar-refractivity contribution < 1.29 is 22.8 Å². The third-order valence-electron chi connectivity index (χ3n) is 3.52. The Morgan fingerprint density at radius 1 is 1.00 bits per heavy atom. The van der Waals surface area contributed by atoms with Crippen LogP contribution in [0.3, 0.4) is 0 Å². The Bertz CT molecular complexity index is 950. The number of hydrazine groups is 1. The van der Waals surface area contributed by atoms with E-state index in [-0.39, 0.29) is 5.76 Å². The molecule has 1 heterocycles. The Balaban J connectivity index is 1.75. The second-order valence-corrected chi connectivity index (χ2v) is 5.08. The van der Waals surface area contributed by atoms with Crippen LogP contribution in [-0.4, -0.2) is 11.8 Å². The molecule has 3 rings (SSSR count). The molecular weight excluding hydrogens is 318 g/mol. The molecule has 0 aliphatic heterocycles. The highest BCUT2D eigenvalue weighted by Gasteiger charge is 2.19. The highest BCUT2D eigenvalue weighted by molar-refractivity contribution is 6.01. The van der Waals surface area contributed by atoms with E-state index in [1.54, 1.807) is 25.1 Å². The van der Waals surface area contributed by atoms with Crippen LogP contribution in [-0.2, 0) is 0 Å². The summed E-state index contributed by atoms with van der Waals surface area (Å²) in [5, 5.41) is 0.776. The van der Waals surface area contributed by atoms with Crippen LogP contribution in [0.2, 0.25) is 0 Å². The fourth-order valence-corrected chi connectivity index (χ4v) is 2.30. The summed E-state index contributed by atoms with van der Waals surface area (Å²) in [6.45, 7) is 1.71. The topological polar surface area (TPSA) is 71.3 Å². The Hall–Kier alpha value is -3.22. The first kappa shape index (κ1) is 15.7. The molecule has 1 aromatic heterocycles. The van der Waals surface area contributed by atoms with Crippen molar-refractivity contribution in [3.8, 4) is 0 Å². The fraction of sp³-hybridized carbons (Fsp3) is 0.0588. The summed E-state index contributed by atoms with van der Waals surface area (Å²) in [5.74, 6) is -3.38. The summed E-state index contributed by atoms with van der Waals surface area (Å²) in [6.07, 6.45) is 0. The van der Waals surface area contributed by atoms with E-state index in [1.165, 1.54) is 0 Å². The van der Waals surface area contributed by atoms with Gasteiger partial charge in [-0.15, -0.1) is 0 Å². The molecule has 5 nitrogen and oxygen atoms in total. The zero-order chi connectivity index (χ0) is 17.3. The smallest absolute Gasteiger partial charge is 0.305 e. The van der Waals surface area contributed by atoms with Crippen LogP contribution >= 0.6 is 0 Å². The van der Waals surface area contributed by atoms with Gasteiger partial charge < -0.3 is 4.42 Å². The summed E-state index contributed by atoms with van der Waals surface area (Å²) in [5.41, 5.74) is 4.98. The second kappa shape index (κ2) is 6.11. The normalized spacial score (nSPS) is 10.6. The molecule has 7 heteroatoms. The molecule has 0 aliphatic carbocycles. The molecule has 3 aromatic rings. The van der Waals surface area contributed by atoms with Crippen LogP contribution in [0.1, 0.15) is 26.5 Å². The number of halogens is 2. The number of hydrogen-bond donors (Lipinski definition) is 2. The molecule has 0 fully saturated rings. The molecule has 0 saturated heterocycles. The molecule has 0 spiro atoms. The number of para-hydroxylation sites is 1. The second-order valence-electron chi connectivity index (χ2n) is 5.08. The first-order chi connectivity index (χ1) is 11.5. The van der Waals surface area contributed by atoms with Gasteiger partial charge in [0.15, 0.2) is 5.76 Å². The zero-order valence-electron chi connectivity index (χ0n) is 12.5. The molecule has 24 heavy (non-hydrogen) atoms. The number of fused-ring (bicyclic) bond motifs is 1. The van der Waals surface area contributed by atoms with Gasteiger partial charge in [0.25, 0.3) is 5.91 Å². The maximum atomic E-state index is 13.5. The standard InChI is InChI=1S/C17H12F2N2O3/c1-9-11-4-2-3-5-14(11)24-15(9)17(23)21-20-16(22)12-7-6-10(18)8-13(12)19/h2-8H,1H3,(H,20,22)(H,21,23). The van der Waals surface area contributed by atoms with Gasteiger partial charge >= 0.3 is 5.91 Å². The number of aryl methyl sites for hydroxylation is 1. The van der Waals surface area contributed by atoms with Crippen LogP contribution < -0.4 is 10.9 Å². The minimum Gasteiger partial charge on any atom is -0.451 e. The van der Waals surface area contributed by atoms with Crippen molar-refractivity contribution in [1.29, 1.82) is 0 Å². The largest absolute Gasteiger partial charge is 0.451 e. The molecule has 2 N–H and O–H groups in total. The van der Waals surface area contributed by atoms with Crippen LogP contribution in [0, 0.1) is 18.6 Å². The summed E-state index contributed by atoms with van der Waals surface area (Å²) in [4.78, 5) is 24.0.